The van der Waals surface area contributed by atoms with E-state index < -0.39 is 6.10 Å². The average Bonchev–Trinajstić information content (AvgIpc) is 3.21. The Bertz CT molecular complexity index is 649. The first-order valence-electron chi connectivity index (χ1n) is 7.01. The van der Waals surface area contributed by atoms with Crippen molar-refractivity contribution < 1.29 is 9.90 Å². The number of nitrogens with zero attached hydrogens (tertiary/aromatic N) is 1. The quantitative estimate of drug-likeness (QED) is 0.870. The molecule has 110 valence electrons. The lowest BCUT2D eigenvalue weighted by Crippen LogP contribution is -2.18. The van der Waals surface area contributed by atoms with E-state index in [9.17, 15) is 9.90 Å². The van der Waals surface area contributed by atoms with E-state index in [-0.39, 0.29) is 12.5 Å². The number of nitrogens with one attached hydrogen (secondary N) is 1. The number of aliphatic hydroxyl groups excluding tert-OH is 1. The molecule has 1 amide bonds. The van der Waals surface area contributed by atoms with E-state index in [0.717, 1.165) is 28.6 Å². The molecule has 1 heterocycles. The summed E-state index contributed by atoms with van der Waals surface area (Å²) in [6.45, 7) is 0.235. The summed E-state index contributed by atoms with van der Waals surface area (Å²) in [7, 11) is 0. The smallest absolute Gasteiger partial charge is 0.244 e. The van der Waals surface area contributed by atoms with Gasteiger partial charge in [0.1, 0.15) is 6.54 Å². The third kappa shape index (κ3) is 3.54. The molecule has 0 aliphatic heterocycles. The normalized spacial score (nSPS) is 15.7. The Morgan fingerprint density at radius 3 is 2.86 bits per heavy atom. The summed E-state index contributed by atoms with van der Waals surface area (Å²) in [5.41, 5.74) is 1.65. The number of carbonyl (C=O) groups is 1. The van der Waals surface area contributed by atoms with Crippen molar-refractivity contribution in [2.75, 3.05) is 5.32 Å². The summed E-state index contributed by atoms with van der Waals surface area (Å²) in [6, 6.07) is 9.39. The third-order valence-electron chi connectivity index (χ3n) is 3.66. The first-order valence-corrected chi connectivity index (χ1v) is 7.81. The number of hydrogen-bond acceptors (Lipinski definition) is 2. The van der Waals surface area contributed by atoms with Crippen LogP contribution < -0.4 is 5.32 Å². The highest BCUT2D eigenvalue weighted by atomic mass is 79.9. The van der Waals surface area contributed by atoms with Crippen molar-refractivity contribution in [1.29, 1.82) is 0 Å². The monoisotopic (exact) mass is 348 g/mol. The zero-order valence-electron chi connectivity index (χ0n) is 11.5. The van der Waals surface area contributed by atoms with Crippen LogP contribution in [-0.4, -0.2) is 15.6 Å². The Balaban J connectivity index is 1.61. The molecule has 2 aromatic rings. The van der Waals surface area contributed by atoms with Crippen LogP contribution in [0.4, 0.5) is 5.69 Å². The highest BCUT2D eigenvalue weighted by molar-refractivity contribution is 9.10. The van der Waals surface area contributed by atoms with E-state index in [2.05, 4.69) is 21.2 Å². The van der Waals surface area contributed by atoms with Crippen LogP contribution in [0.2, 0.25) is 0 Å². The van der Waals surface area contributed by atoms with Gasteiger partial charge in [-0.1, -0.05) is 12.1 Å². The van der Waals surface area contributed by atoms with Gasteiger partial charge in [-0.15, -0.1) is 0 Å². The van der Waals surface area contributed by atoms with Crippen molar-refractivity contribution >= 4 is 27.5 Å². The molecule has 0 saturated heterocycles. The second kappa shape index (κ2) is 6.03. The maximum atomic E-state index is 12.0. The Morgan fingerprint density at radius 1 is 1.38 bits per heavy atom. The molecule has 1 fully saturated rings. The number of rotatable bonds is 5. The van der Waals surface area contributed by atoms with Crippen molar-refractivity contribution in [3.05, 3.63) is 52.8 Å². The number of halogens is 1. The summed E-state index contributed by atoms with van der Waals surface area (Å²) < 4.78 is 2.66. The molecule has 21 heavy (non-hydrogen) atoms. The van der Waals surface area contributed by atoms with Crippen LogP contribution in [0, 0.1) is 5.92 Å². The average molecular weight is 349 g/mol. The first-order chi connectivity index (χ1) is 10.1. The van der Waals surface area contributed by atoms with Crippen LogP contribution in [0.5, 0.6) is 0 Å². The van der Waals surface area contributed by atoms with Gasteiger partial charge in [-0.2, -0.15) is 0 Å². The SMILES string of the molecule is O=C(Cn1ccc(C(O)C2CC2)c1)Nc1ccccc1Br. The lowest BCUT2D eigenvalue weighted by Gasteiger charge is -2.08. The van der Waals surface area contributed by atoms with E-state index in [1.54, 1.807) is 4.57 Å². The van der Waals surface area contributed by atoms with Gasteiger partial charge in [-0.25, -0.2) is 0 Å². The topological polar surface area (TPSA) is 54.3 Å². The Labute approximate surface area is 131 Å². The molecule has 2 N–H and O–H groups in total. The van der Waals surface area contributed by atoms with Gasteiger partial charge in [0.25, 0.3) is 0 Å². The largest absolute Gasteiger partial charge is 0.388 e. The number of para-hydroxylation sites is 1. The lowest BCUT2D eigenvalue weighted by molar-refractivity contribution is -0.116. The highest BCUT2D eigenvalue weighted by Crippen LogP contribution is 2.40. The molecule has 0 radical (unpaired) electrons. The summed E-state index contributed by atoms with van der Waals surface area (Å²) in [6.07, 6.45) is 5.48. The van der Waals surface area contributed by atoms with Gasteiger partial charge in [0.05, 0.1) is 11.8 Å². The Morgan fingerprint density at radius 2 is 2.14 bits per heavy atom. The maximum Gasteiger partial charge on any atom is 0.244 e. The van der Waals surface area contributed by atoms with Gasteiger partial charge in [0, 0.05) is 16.9 Å². The molecule has 1 unspecified atom stereocenters. The molecule has 1 aromatic carbocycles. The molecule has 0 bridgehead atoms. The molecule has 1 saturated carbocycles. The minimum Gasteiger partial charge on any atom is -0.388 e. The summed E-state index contributed by atoms with van der Waals surface area (Å²) in [4.78, 5) is 12.0. The maximum absolute atomic E-state index is 12.0. The van der Waals surface area contributed by atoms with Crippen molar-refractivity contribution in [2.24, 2.45) is 5.92 Å². The van der Waals surface area contributed by atoms with Gasteiger partial charge in [0.2, 0.25) is 5.91 Å². The summed E-state index contributed by atoms with van der Waals surface area (Å²) in [5, 5.41) is 12.9. The minimum atomic E-state index is -0.391. The second-order valence-corrected chi connectivity index (χ2v) is 6.28. The number of hydrogen-bond donors (Lipinski definition) is 2. The molecule has 1 atom stereocenters. The van der Waals surface area contributed by atoms with Crippen LogP contribution >= 0.6 is 15.9 Å². The van der Waals surface area contributed by atoms with Gasteiger partial charge < -0.3 is 15.0 Å². The van der Waals surface area contributed by atoms with Crippen molar-refractivity contribution in [3.63, 3.8) is 0 Å². The number of aliphatic hydroxyl groups is 1. The van der Waals surface area contributed by atoms with Gasteiger partial charge in [-0.05, 0) is 58.5 Å². The van der Waals surface area contributed by atoms with E-state index in [0.29, 0.717) is 5.92 Å². The zero-order chi connectivity index (χ0) is 14.8. The van der Waals surface area contributed by atoms with Crippen LogP contribution in [-0.2, 0) is 11.3 Å². The van der Waals surface area contributed by atoms with Crippen LogP contribution in [0.15, 0.2) is 47.2 Å². The van der Waals surface area contributed by atoms with Crippen molar-refractivity contribution in [1.82, 2.24) is 4.57 Å². The molecule has 1 aliphatic carbocycles. The van der Waals surface area contributed by atoms with E-state index >= 15 is 0 Å². The van der Waals surface area contributed by atoms with Crippen LogP contribution in [0.25, 0.3) is 0 Å². The number of aromatic nitrogens is 1. The molecular weight excluding hydrogens is 332 g/mol. The van der Waals surface area contributed by atoms with Gasteiger partial charge in [-0.3, -0.25) is 4.79 Å². The van der Waals surface area contributed by atoms with E-state index in [1.807, 2.05) is 42.7 Å². The molecule has 1 aliphatic rings. The number of anilines is 1. The molecular formula is C16H17BrN2O2. The van der Waals surface area contributed by atoms with Crippen molar-refractivity contribution in [2.45, 2.75) is 25.5 Å². The molecule has 0 spiro atoms. The number of amides is 1. The van der Waals surface area contributed by atoms with Crippen LogP contribution in [0.3, 0.4) is 0 Å². The second-order valence-electron chi connectivity index (χ2n) is 5.43. The van der Waals surface area contributed by atoms with E-state index in [4.69, 9.17) is 0 Å². The highest BCUT2D eigenvalue weighted by Gasteiger charge is 2.31. The standard InChI is InChI=1S/C16H17BrN2O2/c17-13-3-1-2-4-14(13)18-15(20)10-19-8-7-12(9-19)16(21)11-5-6-11/h1-4,7-9,11,16,21H,5-6,10H2,(H,18,20). The zero-order valence-corrected chi connectivity index (χ0v) is 13.1. The minimum absolute atomic E-state index is 0.0926. The number of benzene rings is 1. The third-order valence-corrected chi connectivity index (χ3v) is 4.35. The van der Waals surface area contributed by atoms with Gasteiger partial charge >= 0.3 is 0 Å². The molecule has 5 heteroatoms. The van der Waals surface area contributed by atoms with Crippen molar-refractivity contribution in [3.8, 4) is 0 Å². The Kier molecular flexibility index (Phi) is 4.12. The molecule has 4 nitrogen and oxygen atoms in total. The summed E-state index contributed by atoms with van der Waals surface area (Å²) in [5.74, 6) is 0.305. The summed E-state index contributed by atoms with van der Waals surface area (Å²) >= 11 is 3.40. The fourth-order valence-corrected chi connectivity index (χ4v) is 2.72. The fraction of sp³-hybridized carbons (Fsp3) is 0.312. The predicted molar refractivity (Wildman–Crippen MR) is 84.9 cm³/mol. The lowest BCUT2D eigenvalue weighted by atomic mass is 10.1. The Hall–Kier alpha value is -1.59. The molecule has 1 aromatic heterocycles. The number of carbonyl (C=O) groups excluding carboxylic acids is 1. The van der Waals surface area contributed by atoms with Crippen LogP contribution in [0.1, 0.15) is 24.5 Å². The first kappa shape index (κ1) is 14.4. The molecule has 3 rings (SSSR count). The van der Waals surface area contributed by atoms with E-state index in [1.165, 1.54) is 0 Å². The predicted octanol–water partition coefficient (Wildman–Crippen LogP) is 3.33. The van der Waals surface area contributed by atoms with Gasteiger partial charge in [0.15, 0.2) is 0 Å². The fourth-order valence-electron chi connectivity index (χ4n) is 2.33.